The van der Waals surface area contributed by atoms with Crippen LogP contribution in [0.1, 0.15) is 120 Å². The average Bonchev–Trinajstić information content (AvgIpc) is 3.25. The molecule has 3 aliphatic heterocycles. The van der Waals surface area contributed by atoms with Gasteiger partial charge in [-0.15, -0.1) is 0 Å². The van der Waals surface area contributed by atoms with E-state index >= 15 is 0 Å². The Morgan fingerprint density at radius 1 is 0.682 bits per heavy atom. The van der Waals surface area contributed by atoms with Gasteiger partial charge in [0.05, 0.1) is 24.2 Å². The van der Waals surface area contributed by atoms with E-state index in [0.717, 1.165) is 38.5 Å². The molecule has 3 saturated heterocycles. The first-order chi connectivity index (χ1) is 30.7. The lowest BCUT2D eigenvalue weighted by Gasteiger charge is -2.71. The number of allylic oxidation sites excluding steroid dienone is 2. The molecule has 7 fully saturated rings. The number of aliphatic carboxylic acids is 1. The molecule has 0 bridgehead atoms. The van der Waals surface area contributed by atoms with Crippen LogP contribution in [0.25, 0.3) is 0 Å². The second-order valence-electron chi connectivity index (χ2n) is 23.5. The van der Waals surface area contributed by atoms with E-state index in [4.69, 9.17) is 28.4 Å². The van der Waals surface area contributed by atoms with Gasteiger partial charge < -0.3 is 79.5 Å². The predicted molar refractivity (Wildman–Crippen MR) is 229 cm³/mol. The second kappa shape index (κ2) is 17.5. The van der Waals surface area contributed by atoms with E-state index in [1.165, 1.54) is 12.5 Å². The van der Waals surface area contributed by atoms with Crippen molar-refractivity contribution in [3.63, 3.8) is 0 Å². The third-order valence-electron chi connectivity index (χ3n) is 19.2. The quantitative estimate of drug-likeness (QED) is 0.0931. The molecular formula is C48H76O18. The van der Waals surface area contributed by atoms with E-state index in [0.29, 0.717) is 25.7 Å². The molecule has 23 atom stereocenters. The Labute approximate surface area is 386 Å². The van der Waals surface area contributed by atoms with E-state index in [9.17, 15) is 60.7 Å². The lowest BCUT2D eigenvalue weighted by Crippen LogP contribution is -2.66. The zero-order chi connectivity index (χ0) is 48.4. The summed E-state index contributed by atoms with van der Waals surface area (Å²) in [5.74, 6) is -1.76. The first-order valence-corrected chi connectivity index (χ1v) is 24.2. The summed E-state index contributed by atoms with van der Waals surface area (Å²) in [4.78, 5) is 26.8. The number of ether oxygens (including phenoxy) is 6. The Kier molecular flexibility index (Phi) is 13.4. The summed E-state index contributed by atoms with van der Waals surface area (Å²) in [7, 11) is 0. The van der Waals surface area contributed by atoms with Gasteiger partial charge in [-0.05, 0) is 116 Å². The van der Waals surface area contributed by atoms with Crippen LogP contribution in [-0.4, -0.2) is 168 Å². The zero-order valence-electron chi connectivity index (χ0n) is 39.6. The molecule has 18 nitrogen and oxygen atoms in total. The van der Waals surface area contributed by atoms with Crippen molar-refractivity contribution in [3.05, 3.63) is 11.6 Å². The highest BCUT2D eigenvalue weighted by Gasteiger charge is 2.70. The third kappa shape index (κ3) is 7.74. The maximum Gasteiger partial charge on any atom is 0.335 e. The normalized spacial score (nSPS) is 53.2. The molecule has 0 amide bonds. The SMILES string of the molecule is C[C@@H]1O[C@@H](O[C@H]2[C@H](O)[C@@H](O)[C@H](OC(=O)[C@]34CCC(C)(C)C[C@H]3C3=CCC5[C@@]6(C)CC[C@H](O[C@@H]7O[C@H](C(=O)O)[C@@H](O)[C@H](O)[C@H]7O)C(C)(C)C6CC[C@@]5(C)[C@]3(C)CC4)O[C@@H]2CO)[C@H](O)[C@H](O)[C@H]1O. The molecule has 0 aromatic rings. The Bertz CT molecular complexity index is 1860. The highest BCUT2D eigenvalue weighted by atomic mass is 16.7. The van der Waals surface area contributed by atoms with Crippen LogP contribution < -0.4 is 0 Å². The van der Waals surface area contributed by atoms with Crippen molar-refractivity contribution in [2.75, 3.05) is 6.61 Å². The molecule has 0 aromatic carbocycles. The number of carbonyl (C=O) groups excluding carboxylic acids is 1. The van der Waals surface area contributed by atoms with Gasteiger partial charge in [-0.25, -0.2) is 4.79 Å². The largest absolute Gasteiger partial charge is 0.479 e. The standard InChI is InChI=1S/C48H76O18/c1-21-28(50)29(51)33(55)39(61-21)64-36-24(20-49)62-40(35(57)32(36)54)66-42(60)48-17-15-43(2,3)19-23(48)22-9-10-26-45(6)13-12-27(63-41-34(56)30(52)31(53)37(65-41)38(58)59)44(4,5)25(45)11-14-47(26,8)46(22,7)16-18-48/h9,21,23-37,39-41,49-57H,10-20H2,1-8H3,(H,58,59)/t21-,23-,24+,25?,26?,27-,28-,29+,30-,31-,32+,33+,34+,35+,36+,37-,39-,40-,41+,45-,46+,47+,48-/m0/s1. The molecule has 0 aromatic heterocycles. The monoisotopic (exact) mass is 941 g/mol. The van der Waals surface area contributed by atoms with Gasteiger partial charge in [0.2, 0.25) is 6.29 Å². The first-order valence-electron chi connectivity index (χ1n) is 24.2. The highest BCUT2D eigenvalue weighted by Crippen LogP contribution is 2.76. The smallest absolute Gasteiger partial charge is 0.335 e. The van der Waals surface area contributed by atoms with Gasteiger partial charge in [0.15, 0.2) is 18.7 Å². The summed E-state index contributed by atoms with van der Waals surface area (Å²) in [6.45, 7) is 16.7. The van der Waals surface area contributed by atoms with Gasteiger partial charge in [0, 0.05) is 0 Å². The van der Waals surface area contributed by atoms with Crippen LogP contribution in [0.3, 0.4) is 0 Å². The summed E-state index contributed by atoms with van der Waals surface area (Å²) >= 11 is 0. The lowest BCUT2D eigenvalue weighted by molar-refractivity contribution is -0.353. The number of carboxylic acid groups (broad SMARTS) is 1. The Balaban J connectivity index is 1.02. The Morgan fingerprint density at radius 2 is 1.30 bits per heavy atom. The number of esters is 1. The maximum absolute atomic E-state index is 14.9. The molecule has 8 rings (SSSR count). The van der Waals surface area contributed by atoms with Gasteiger partial charge in [-0.1, -0.05) is 60.1 Å². The summed E-state index contributed by atoms with van der Waals surface area (Å²) < 4.78 is 35.4. The minimum atomic E-state index is -1.81. The maximum atomic E-state index is 14.9. The predicted octanol–water partition coefficient (Wildman–Crippen LogP) is 1.26. The number of hydrogen-bond acceptors (Lipinski definition) is 17. The van der Waals surface area contributed by atoms with Gasteiger partial charge in [-0.3, -0.25) is 4.79 Å². The molecule has 2 unspecified atom stereocenters. The molecule has 0 radical (unpaired) electrons. The second-order valence-corrected chi connectivity index (χ2v) is 23.5. The summed E-state index contributed by atoms with van der Waals surface area (Å²) in [5, 5.41) is 106. The van der Waals surface area contributed by atoms with Crippen LogP contribution in [0.5, 0.6) is 0 Å². The molecule has 4 saturated carbocycles. The molecule has 66 heavy (non-hydrogen) atoms. The van der Waals surface area contributed by atoms with Crippen LogP contribution in [0.15, 0.2) is 11.6 Å². The molecule has 18 heteroatoms. The van der Waals surface area contributed by atoms with E-state index in [2.05, 4.69) is 54.5 Å². The molecule has 10 N–H and O–H groups in total. The Hall–Kier alpha value is -1.88. The molecule has 376 valence electrons. The van der Waals surface area contributed by atoms with Crippen molar-refractivity contribution in [2.24, 2.45) is 50.2 Å². The van der Waals surface area contributed by atoms with E-state index in [1.54, 1.807) is 0 Å². The number of carbonyl (C=O) groups is 2. The van der Waals surface area contributed by atoms with Gasteiger partial charge in [0.25, 0.3) is 0 Å². The number of hydrogen-bond donors (Lipinski definition) is 10. The molecule has 0 spiro atoms. The van der Waals surface area contributed by atoms with Gasteiger partial charge >= 0.3 is 11.9 Å². The molecule has 8 aliphatic rings. The van der Waals surface area contributed by atoms with Crippen molar-refractivity contribution in [1.29, 1.82) is 0 Å². The minimum Gasteiger partial charge on any atom is -0.479 e. The number of fused-ring (bicyclic) bond motifs is 7. The fourth-order valence-electron chi connectivity index (χ4n) is 15.0. The summed E-state index contributed by atoms with van der Waals surface area (Å²) in [6, 6.07) is 0. The van der Waals surface area contributed by atoms with Crippen molar-refractivity contribution in [1.82, 2.24) is 0 Å². The van der Waals surface area contributed by atoms with E-state index in [1.807, 2.05) is 0 Å². The van der Waals surface area contributed by atoms with Gasteiger partial charge in [-0.2, -0.15) is 0 Å². The minimum absolute atomic E-state index is 0.0952. The fraction of sp³-hybridized carbons (Fsp3) is 0.917. The van der Waals surface area contributed by atoms with Crippen molar-refractivity contribution < 1.29 is 89.1 Å². The lowest BCUT2D eigenvalue weighted by atomic mass is 9.33. The zero-order valence-corrected chi connectivity index (χ0v) is 39.6. The molecule has 3 heterocycles. The van der Waals surface area contributed by atoms with Crippen LogP contribution in [-0.2, 0) is 38.0 Å². The number of aliphatic hydroxyl groups excluding tert-OH is 9. The van der Waals surface area contributed by atoms with Crippen LogP contribution in [0, 0.1) is 50.2 Å². The Morgan fingerprint density at radius 3 is 1.95 bits per heavy atom. The number of rotatable bonds is 8. The van der Waals surface area contributed by atoms with Crippen molar-refractivity contribution in [3.8, 4) is 0 Å². The van der Waals surface area contributed by atoms with Crippen LogP contribution in [0.2, 0.25) is 0 Å². The average molecular weight is 941 g/mol. The van der Waals surface area contributed by atoms with E-state index in [-0.39, 0.29) is 39.4 Å². The topological polar surface area (TPSA) is 292 Å². The van der Waals surface area contributed by atoms with Gasteiger partial charge in [0.1, 0.15) is 61.0 Å². The van der Waals surface area contributed by atoms with E-state index < -0.39 is 128 Å². The third-order valence-corrected chi connectivity index (χ3v) is 19.2. The summed E-state index contributed by atoms with van der Waals surface area (Å²) in [5.41, 5.74) is -0.846. The first kappa shape index (κ1) is 50.5. The summed E-state index contributed by atoms with van der Waals surface area (Å²) in [6.07, 6.45) is -14.5. The number of carboxylic acids is 1. The molecule has 5 aliphatic carbocycles. The molecular weight excluding hydrogens is 865 g/mol. The van der Waals surface area contributed by atoms with Crippen LogP contribution in [0.4, 0.5) is 0 Å². The highest BCUT2D eigenvalue weighted by molar-refractivity contribution is 5.79. The van der Waals surface area contributed by atoms with Crippen molar-refractivity contribution in [2.45, 2.75) is 218 Å². The fourth-order valence-corrected chi connectivity index (χ4v) is 15.0. The number of aliphatic hydroxyl groups is 9. The van der Waals surface area contributed by atoms with Crippen LogP contribution >= 0.6 is 0 Å². The van der Waals surface area contributed by atoms with Crippen molar-refractivity contribution >= 4 is 11.9 Å².